The molecule has 0 fully saturated rings. The zero-order valence-corrected chi connectivity index (χ0v) is 17.1. The molecule has 0 spiro atoms. The number of ketones is 1. The molecular formula is C25H13ClN4O. The molecule has 6 heteroatoms. The Labute approximate surface area is 182 Å². The van der Waals surface area contributed by atoms with Crippen molar-refractivity contribution in [3.05, 3.63) is 76.3 Å². The fourth-order valence-electron chi connectivity index (χ4n) is 4.03. The van der Waals surface area contributed by atoms with E-state index in [4.69, 9.17) is 16.6 Å². The summed E-state index contributed by atoms with van der Waals surface area (Å²) in [7, 11) is 0. The zero-order valence-electron chi connectivity index (χ0n) is 16.3. The number of rotatable bonds is 2. The lowest BCUT2D eigenvalue weighted by Gasteiger charge is -2.08. The van der Waals surface area contributed by atoms with E-state index in [0.717, 1.165) is 27.1 Å². The molecule has 0 unspecified atom stereocenters. The van der Waals surface area contributed by atoms with Gasteiger partial charge in [-0.25, -0.2) is 4.98 Å². The van der Waals surface area contributed by atoms with Crippen molar-refractivity contribution >= 4 is 50.0 Å². The average molecular weight is 421 g/mol. The monoisotopic (exact) mass is 420 g/mol. The molecule has 146 valence electrons. The summed E-state index contributed by atoms with van der Waals surface area (Å²) in [5.74, 6) is 0.421. The number of aromatic amines is 1. The Morgan fingerprint density at radius 3 is 2.29 bits per heavy atom. The highest BCUT2D eigenvalue weighted by atomic mass is 35.5. The van der Waals surface area contributed by atoms with Crippen LogP contribution < -0.4 is 0 Å². The first-order valence-electron chi connectivity index (χ1n) is 9.51. The second-order valence-corrected chi connectivity index (χ2v) is 7.70. The summed E-state index contributed by atoms with van der Waals surface area (Å²) < 4.78 is 0. The molecule has 31 heavy (non-hydrogen) atoms. The van der Waals surface area contributed by atoms with Crippen LogP contribution in [0.5, 0.6) is 0 Å². The Hall–Kier alpha value is -4.19. The van der Waals surface area contributed by atoms with Gasteiger partial charge < -0.3 is 4.98 Å². The second-order valence-electron chi connectivity index (χ2n) is 7.27. The number of nitrogens with zero attached hydrogens (tertiary/aromatic N) is 3. The number of imidazole rings is 1. The number of nitrogens with one attached hydrogen (secondary N) is 1. The number of benzene rings is 4. The van der Waals surface area contributed by atoms with Gasteiger partial charge in [0.2, 0.25) is 0 Å². The number of aromatic nitrogens is 2. The fourth-order valence-corrected chi connectivity index (χ4v) is 4.20. The van der Waals surface area contributed by atoms with Gasteiger partial charge in [0.15, 0.2) is 5.78 Å². The number of hydrogen-bond acceptors (Lipinski definition) is 4. The van der Waals surface area contributed by atoms with Gasteiger partial charge in [-0.3, -0.25) is 4.79 Å². The number of halogens is 1. The number of carbonyl (C=O) groups is 1. The summed E-state index contributed by atoms with van der Waals surface area (Å²) in [6, 6.07) is 20.4. The van der Waals surface area contributed by atoms with E-state index in [1.807, 2.05) is 24.3 Å². The fraction of sp³-hybridized carbons (Fsp3) is 0.0400. The molecule has 0 amide bonds. The summed E-state index contributed by atoms with van der Waals surface area (Å²) in [5.41, 5.74) is 3.29. The van der Waals surface area contributed by atoms with Crippen LogP contribution in [-0.2, 0) is 0 Å². The third-order valence-corrected chi connectivity index (χ3v) is 5.70. The van der Waals surface area contributed by atoms with Crippen LogP contribution in [0, 0.1) is 22.7 Å². The first-order chi connectivity index (χ1) is 15.0. The zero-order chi connectivity index (χ0) is 21.7. The second kappa shape index (κ2) is 6.95. The molecule has 5 nitrogen and oxygen atoms in total. The topological polar surface area (TPSA) is 93.3 Å². The van der Waals surface area contributed by atoms with Gasteiger partial charge >= 0.3 is 0 Å². The molecule has 0 aliphatic heterocycles. The van der Waals surface area contributed by atoms with Gasteiger partial charge in [0, 0.05) is 21.4 Å². The van der Waals surface area contributed by atoms with Crippen LogP contribution in [-0.4, -0.2) is 15.8 Å². The Balaban J connectivity index is 1.96. The van der Waals surface area contributed by atoms with Crippen molar-refractivity contribution in [1.29, 1.82) is 10.5 Å². The molecule has 0 saturated heterocycles. The van der Waals surface area contributed by atoms with Crippen molar-refractivity contribution < 1.29 is 4.79 Å². The van der Waals surface area contributed by atoms with Crippen molar-refractivity contribution in [2.75, 3.05) is 0 Å². The van der Waals surface area contributed by atoms with Gasteiger partial charge in [-0.1, -0.05) is 35.9 Å². The maximum Gasteiger partial charge on any atom is 0.159 e. The summed E-state index contributed by atoms with van der Waals surface area (Å²) in [5, 5.41) is 23.2. The standard InChI is InChI=1S/C25H13ClN4O/c1-13(31)14-5-7-18-20(9-14)21-10-17(26)6-8-19(21)24-23(18)29-25(30-24)22-15(11-27)3-2-4-16(22)12-28/h2-10H,1H3,(H,29,30). The van der Waals surface area contributed by atoms with Crippen LogP contribution in [0.2, 0.25) is 5.02 Å². The average Bonchev–Trinajstić information content (AvgIpc) is 3.23. The maximum absolute atomic E-state index is 12.0. The van der Waals surface area contributed by atoms with E-state index in [1.54, 1.807) is 30.3 Å². The van der Waals surface area contributed by atoms with Crippen LogP contribution >= 0.6 is 11.6 Å². The highest BCUT2D eigenvalue weighted by Gasteiger charge is 2.19. The lowest BCUT2D eigenvalue weighted by molar-refractivity contribution is 0.101. The van der Waals surface area contributed by atoms with E-state index in [1.165, 1.54) is 6.92 Å². The molecule has 1 aromatic heterocycles. The van der Waals surface area contributed by atoms with Crippen LogP contribution in [0.3, 0.4) is 0 Å². The number of H-pyrrole nitrogens is 1. The minimum absolute atomic E-state index is 0.0264. The Bertz CT molecular complexity index is 1620. The Morgan fingerprint density at radius 1 is 0.935 bits per heavy atom. The molecule has 1 heterocycles. The maximum atomic E-state index is 12.0. The molecule has 5 aromatic rings. The molecule has 0 saturated carbocycles. The van der Waals surface area contributed by atoms with Crippen LogP contribution in [0.1, 0.15) is 28.4 Å². The van der Waals surface area contributed by atoms with Crippen LogP contribution in [0.4, 0.5) is 0 Å². The number of hydrogen-bond donors (Lipinski definition) is 1. The number of Topliss-reactive ketones (excluding diaryl/α,β-unsaturated/α-hetero) is 1. The summed E-state index contributed by atoms with van der Waals surface area (Å²) in [6.45, 7) is 1.53. The van der Waals surface area contributed by atoms with Crippen molar-refractivity contribution in [2.24, 2.45) is 0 Å². The molecule has 0 bridgehead atoms. The highest BCUT2D eigenvalue weighted by Crippen LogP contribution is 2.38. The minimum atomic E-state index is -0.0264. The molecular weight excluding hydrogens is 408 g/mol. The van der Waals surface area contributed by atoms with E-state index < -0.39 is 0 Å². The Morgan fingerprint density at radius 2 is 1.61 bits per heavy atom. The molecule has 0 aliphatic carbocycles. The van der Waals surface area contributed by atoms with E-state index in [0.29, 0.717) is 38.6 Å². The smallest absolute Gasteiger partial charge is 0.159 e. The molecule has 4 aromatic carbocycles. The van der Waals surface area contributed by atoms with E-state index >= 15 is 0 Å². The summed E-state index contributed by atoms with van der Waals surface area (Å²) in [6.07, 6.45) is 0. The molecule has 1 N–H and O–H groups in total. The normalized spacial score (nSPS) is 11.0. The summed E-state index contributed by atoms with van der Waals surface area (Å²) >= 11 is 6.29. The van der Waals surface area contributed by atoms with Gasteiger partial charge in [-0.05, 0) is 48.0 Å². The predicted molar refractivity (Wildman–Crippen MR) is 121 cm³/mol. The van der Waals surface area contributed by atoms with E-state index in [2.05, 4.69) is 17.1 Å². The molecule has 0 aliphatic rings. The predicted octanol–water partition coefficient (Wildman–Crippen LogP) is 6.14. The number of nitriles is 2. The van der Waals surface area contributed by atoms with Gasteiger partial charge in [0.25, 0.3) is 0 Å². The lowest BCUT2D eigenvalue weighted by atomic mass is 9.97. The van der Waals surface area contributed by atoms with Gasteiger partial charge in [0.05, 0.1) is 39.9 Å². The highest BCUT2D eigenvalue weighted by molar-refractivity contribution is 6.33. The van der Waals surface area contributed by atoms with Crippen molar-refractivity contribution in [2.45, 2.75) is 6.92 Å². The van der Waals surface area contributed by atoms with Crippen LogP contribution in [0.25, 0.3) is 44.0 Å². The van der Waals surface area contributed by atoms with E-state index in [9.17, 15) is 15.3 Å². The van der Waals surface area contributed by atoms with Crippen molar-refractivity contribution in [1.82, 2.24) is 9.97 Å². The van der Waals surface area contributed by atoms with Crippen molar-refractivity contribution in [3.8, 4) is 23.5 Å². The first kappa shape index (κ1) is 18.8. The number of carbonyl (C=O) groups excluding carboxylic acids is 1. The van der Waals surface area contributed by atoms with Gasteiger partial charge in [-0.2, -0.15) is 10.5 Å². The van der Waals surface area contributed by atoms with Gasteiger partial charge in [-0.15, -0.1) is 0 Å². The lowest BCUT2D eigenvalue weighted by Crippen LogP contribution is -1.92. The molecule has 0 atom stereocenters. The SMILES string of the molecule is CC(=O)c1ccc2c(c1)c1cc(Cl)ccc1c1[nH]c(-c3c(C#N)cccc3C#N)nc21. The number of fused-ring (bicyclic) bond motifs is 6. The third-order valence-electron chi connectivity index (χ3n) is 5.47. The Kier molecular flexibility index (Phi) is 4.22. The summed E-state index contributed by atoms with van der Waals surface area (Å²) in [4.78, 5) is 20.1. The van der Waals surface area contributed by atoms with E-state index in [-0.39, 0.29) is 5.78 Å². The van der Waals surface area contributed by atoms with Crippen LogP contribution in [0.15, 0.2) is 54.6 Å². The van der Waals surface area contributed by atoms with Gasteiger partial charge in [0.1, 0.15) is 5.82 Å². The first-order valence-corrected chi connectivity index (χ1v) is 9.89. The molecule has 0 radical (unpaired) electrons. The quantitative estimate of drug-likeness (QED) is 0.274. The largest absolute Gasteiger partial charge is 0.337 e. The minimum Gasteiger partial charge on any atom is -0.337 e. The molecule has 5 rings (SSSR count). The third kappa shape index (κ3) is 2.84. The van der Waals surface area contributed by atoms with Crippen molar-refractivity contribution in [3.63, 3.8) is 0 Å².